The predicted octanol–water partition coefficient (Wildman–Crippen LogP) is 4.54. The molecule has 3 rings (SSSR count). The van der Waals surface area contributed by atoms with E-state index in [2.05, 4.69) is 4.98 Å². The Morgan fingerprint density at radius 1 is 1.20 bits per heavy atom. The molecule has 25 heavy (non-hydrogen) atoms. The van der Waals surface area contributed by atoms with Crippen LogP contribution in [0, 0.1) is 0 Å². The summed E-state index contributed by atoms with van der Waals surface area (Å²) in [5.41, 5.74) is 1.85. The SMILES string of the molecule is COc1ccccc1/C=C/C(=O)N(C)C(C)c1nc2ccccc2s1. The van der Waals surface area contributed by atoms with Crippen LogP contribution >= 0.6 is 11.3 Å². The summed E-state index contributed by atoms with van der Waals surface area (Å²) < 4.78 is 6.44. The standard InChI is InChI=1S/C20H20N2O2S/c1-14(20-21-16-9-5-7-11-18(16)25-20)22(2)19(23)13-12-15-8-4-6-10-17(15)24-3/h4-14H,1-3H3/b13-12+. The van der Waals surface area contributed by atoms with E-state index in [9.17, 15) is 4.79 Å². The predicted molar refractivity (Wildman–Crippen MR) is 103 cm³/mol. The number of aromatic nitrogens is 1. The number of likely N-dealkylation sites (N-methyl/N-ethyl adjacent to an activating group) is 1. The molecule has 1 amide bonds. The van der Waals surface area contributed by atoms with Gasteiger partial charge in [-0.25, -0.2) is 4.98 Å². The molecule has 2 aromatic carbocycles. The summed E-state index contributed by atoms with van der Waals surface area (Å²) in [5, 5.41) is 0.933. The molecule has 0 aliphatic rings. The highest BCUT2D eigenvalue weighted by molar-refractivity contribution is 7.18. The molecule has 0 saturated heterocycles. The number of hydrogen-bond donors (Lipinski definition) is 0. The number of fused-ring (bicyclic) bond motifs is 1. The first-order chi connectivity index (χ1) is 12.1. The first-order valence-corrected chi connectivity index (χ1v) is 8.85. The van der Waals surface area contributed by atoms with Crippen LogP contribution in [0.5, 0.6) is 5.75 Å². The van der Waals surface area contributed by atoms with Gasteiger partial charge in [0.05, 0.1) is 23.4 Å². The van der Waals surface area contributed by atoms with Gasteiger partial charge in [0.2, 0.25) is 5.91 Å². The Labute approximate surface area is 151 Å². The van der Waals surface area contributed by atoms with E-state index < -0.39 is 0 Å². The third kappa shape index (κ3) is 3.72. The Balaban J connectivity index is 1.76. The molecule has 0 N–H and O–H groups in total. The van der Waals surface area contributed by atoms with Gasteiger partial charge in [-0.15, -0.1) is 11.3 Å². The molecule has 0 aliphatic heterocycles. The average molecular weight is 352 g/mol. The van der Waals surface area contributed by atoms with E-state index in [1.807, 2.05) is 55.5 Å². The van der Waals surface area contributed by atoms with Crippen molar-refractivity contribution in [3.05, 3.63) is 65.2 Å². The molecule has 128 valence electrons. The quantitative estimate of drug-likeness (QED) is 0.633. The van der Waals surface area contributed by atoms with Gasteiger partial charge in [0.15, 0.2) is 0 Å². The monoisotopic (exact) mass is 352 g/mol. The Kier molecular flexibility index (Phi) is 5.14. The fourth-order valence-corrected chi connectivity index (χ4v) is 3.57. The number of ether oxygens (including phenoxy) is 1. The second kappa shape index (κ2) is 7.49. The van der Waals surface area contributed by atoms with E-state index >= 15 is 0 Å². The maximum Gasteiger partial charge on any atom is 0.246 e. The number of thiazole rings is 1. The molecule has 1 unspecified atom stereocenters. The lowest BCUT2D eigenvalue weighted by Gasteiger charge is -2.21. The lowest BCUT2D eigenvalue weighted by atomic mass is 10.2. The molecule has 4 nitrogen and oxygen atoms in total. The van der Waals surface area contributed by atoms with Crippen molar-refractivity contribution < 1.29 is 9.53 Å². The zero-order valence-electron chi connectivity index (χ0n) is 14.5. The molecule has 0 fully saturated rings. The van der Waals surface area contributed by atoms with Gasteiger partial charge in [0.1, 0.15) is 10.8 Å². The number of methoxy groups -OCH3 is 1. The summed E-state index contributed by atoms with van der Waals surface area (Å²) in [6.45, 7) is 1.99. The zero-order valence-corrected chi connectivity index (χ0v) is 15.3. The largest absolute Gasteiger partial charge is 0.496 e. The fraction of sp³-hybridized carbons (Fsp3) is 0.200. The van der Waals surface area contributed by atoms with E-state index in [1.54, 1.807) is 42.5 Å². The van der Waals surface area contributed by atoms with Crippen LogP contribution < -0.4 is 4.74 Å². The Bertz CT molecular complexity index is 884. The van der Waals surface area contributed by atoms with Crippen LogP contribution in [0.2, 0.25) is 0 Å². The Morgan fingerprint density at radius 2 is 1.92 bits per heavy atom. The molecule has 1 heterocycles. The number of hydrogen-bond acceptors (Lipinski definition) is 4. The molecule has 5 heteroatoms. The van der Waals surface area contributed by atoms with Crippen molar-refractivity contribution in [2.75, 3.05) is 14.2 Å². The Hall–Kier alpha value is -2.66. The molecule has 1 aromatic heterocycles. The summed E-state index contributed by atoms with van der Waals surface area (Å²) in [6.07, 6.45) is 3.35. The number of benzene rings is 2. The number of carbonyl (C=O) groups excluding carboxylic acids is 1. The van der Waals surface area contributed by atoms with Crippen molar-refractivity contribution >= 4 is 33.5 Å². The molecule has 0 radical (unpaired) electrons. The van der Waals surface area contributed by atoms with E-state index in [0.29, 0.717) is 0 Å². The van der Waals surface area contributed by atoms with Gasteiger partial charge in [-0.1, -0.05) is 30.3 Å². The van der Waals surface area contributed by atoms with Crippen LogP contribution in [0.4, 0.5) is 0 Å². The minimum absolute atomic E-state index is 0.0716. The summed E-state index contributed by atoms with van der Waals surface area (Å²) in [6, 6.07) is 15.5. The summed E-state index contributed by atoms with van der Waals surface area (Å²) in [5.74, 6) is 0.672. The van der Waals surface area contributed by atoms with E-state index in [4.69, 9.17) is 4.74 Å². The van der Waals surface area contributed by atoms with Crippen molar-refractivity contribution in [3.8, 4) is 5.75 Å². The molecular weight excluding hydrogens is 332 g/mol. The third-order valence-electron chi connectivity index (χ3n) is 4.14. The Morgan fingerprint density at radius 3 is 2.68 bits per heavy atom. The van der Waals surface area contributed by atoms with Crippen molar-refractivity contribution in [1.82, 2.24) is 9.88 Å². The highest BCUT2D eigenvalue weighted by Gasteiger charge is 2.19. The van der Waals surface area contributed by atoms with Crippen LogP contribution in [0.1, 0.15) is 23.5 Å². The van der Waals surface area contributed by atoms with Gasteiger partial charge in [-0.05, 0) is 31.2 Å². The highest BCUT2D eigenvalue weighted by Crippen LogP contribution is 2.29. The maximum atomic E-state index is 12.5. The molecule has 1 atom stereocenters. The second-order valence-corrected chi connectivity index (χ2v) is 6.78. The first-order valence-electron chi connectivity index (χ1n) is 8.03. The molecule has 0 aliphatic carbocycles. The van der Waals surface area contributed by atoms with Crippen LogP contribution in [0.15, 0.2) is 54.6 Å². The summed E-state index contributed by atoms with van der Waals surface area (Å²) in [4.78, 5) is 18.9. The summed E-state index contributed by atoms with van der Waals surface area (Å²) in [7, 11) is 3.42. The van der Waals surface area contributed by atoms with Gasteiger partial charge in [0, 0.05) is 18.7 Å². The zero-order chi connectivity index (χ0) is 17.8. The molecular formula is C20H20N2O2S. The third-order valence-corrected chi connectivity index (χ3v) is 5.35. The van der Waals surface area contributed by atoms with Crippen LogP contribution in [0.25, 0.3) is 16.3 Å². The van der Waals surface area contributed by atoms with Crippen LogP contribution in [-0.2, 0) is 4.79 Å². The molecule has 0 bridgehead atoms. The van der Waals surface area contributed by atoms with Crippen molar-refractivity contribution in [3.63, 3.8) is 0 Å². The van der Waals surface area contributed by atoms with Gasteiger partial charge in [-0.3, -0.25) is 4.79 Å². The van der Waals surface area contributed by atoms with Crippen molar-refractivity contribution in [1.29, 1.82) is 0 Å². The topological polar surface area (TPSA) is 42.4 Å². The average Bonchev–Trinajstić information content (AvgIpc) is 3.09. The maximum absolute atomic E-state index is 12.5. The minimum Gasteiger partial charge on any atom is -0.496 e. The van der Waals surface area contributed by atoms with Crippen molar-refractivity contribution in [2.45, 2.75) is 13.0 Å². The van der Waals surface area contributed by atoms with Gasteiger partial charge < -0.3 is 9.64 Å². The van der Waals surface area contributed by atoms with Crippen molar-refractivity contribution in [2.24, 2.45) is 0 Å². The number of nitrogens with zero attached hydrogens (tertiary/aromatic N) is 2. The fourth-order valence-electron chi connectivity index (χ4n) is 2.51. The smallest absolute Gasteiger partial charge is 0.246 e. The van der Waals surface area contributed by atoms with Crippen LogP contribution in [-0.4, -0.2) is 29.9 Å². The molecule has 0 saturated carbocycles. The molecule has 3 aromatic rings. The van der Waals surface area contributed by atoms with Gasteiger partial charge in [0.25, 0.3) is 0 Å². The lowest BCUT2D eigenvalue weighted by Crippen LogP contribution is -2.27. The number of para-hydroxylation sites is 2. The van der Waals surface area contributed by atoms with Gasteiger partial charge >= 0.3 is 0 Å². The number of carbonyl (C=O) groups is 1. The van der Waals surface area contributed by atoms with E-state index in [1.165, 1.54) is 0 Å². The lowest BCUT2D eigenvalue weighted by molar-refractivity contribution is -0.126. The number of rotatable bonds is 5. The normalized spacial score (nSPS) is 12.4. The van der Waals surface area contributed by atoms with Crippen LogP contribution in [0.3, 0.4) is 0 Å². The van der Waals surface area contributed by atoms with Gasteiger partial charge in [-0.2, -0.15) is 0 Å². The highest BCUT2D eigenvalue weighted by atomic mass is 32.1. The van der Waals surface area contributed by atoms with E-state index in [-0.39, 0.29) is 11.9 Å². The summed E-state index contributed by atoms with van der Waals surface area (Å²) >= 11 is 1.62. The molecule has 0 spiro atoms. The van der Waals surface area contributed by atoms with E-state index in [0.717, 1.165) is 26.5 Å². The second-order valence-electron chi connectivity index (χ2n) is 5.72. The number of amides is 1. The first kappa shape index (κ1) is 17.2. The minimum atomic E-state index is -0.0905.